The van der Waals surface area contributed by atoms with Crippen molar-refractivity contribution >= 4 is 34.8 Å². The van der Waals surface area contributed by atoms with Crippen molar-refractivity contribution in [3.8, 4) is 0 Å². The summed E-state index contributed by atoms with van der Waals surface area (Å²) in [6, 6.07) is 8.84. The molecule has 0 aliphatic carbocycles. The number of benzene rings is 1. The largest absolute Gasteiger partial charge is 0.326 e. The quantitative estimate of drug-likeness (QED) is 0.682. The number of nitrogens with one attached hydrogen (secondary N) is 1. The van der Waals surface area contributed by atoms with E-state index < -0.39 is 0 Å². The standard InChI is InChI=1S/C15H13NO2S/c1-11(17)16-14-4-2-3-13(9-14)15(18)6-5-12-7-8-19-10-12/h2-10H,1H3,(H,16,17). The van der Waals surface area contributed by atoms with Gasteiger partial charge < -0.3 is 5.32 Å². The Labute approximate surface area is 115 Å². The Morgan fingerprint density at radius 2 is 2.11 bits per heavy atom. The lowest BCUT2D eigenvalue weighted by Gasteiger charge is -2.03. The molecule has 19 heavy (non-hydrogen) atoms. The van der Waals surface area contributed by atoms with E-state index in [0.717, 1.165) is 5.56 Å². The summed E-state index contributed by atoms with van der Waals surface area (Å²) in [6.45, 7) is 1.44. The zero-order valence-corrected chi connectivity index (χ0v) is 11.2. The summed E-state index contributed by atoms with van der Waals surface area (Å²) in [6.07, 6.45) is 3.32. The first-order valence-corrected chi connectivity index (χ1v) is 6.72. The third-order valence-corrected chi connectivity index (χ3v) is 3.14. The second-order valence-corrected chi connectivity index (χ2v) is 4.80. The zero-order valence-electron chi connectivity index (χ0n) is 10.4. The number of anilines is 1. The average Bonchev–Trinajstić information content (AvgIpc) is 2.88. The first-order chi connectivity index (χ1) is 9.15. The normalized spacial score (nSPS) is 10.6. The lowest BCUT2D eigenvalue weighted by Crippen LogP contribution is -2.06. The van der Waals surface area contributed by atoms with Crippen molar-refractivity contribution in [2.45, 2.75) is 6.92 Å². The Bertz CT molecular complexity index is 615. The molecule has 0 bridgehead atoms. The van der Waals surface area contributed by atoms with Crippen LogP contribution >= 0.6 is 11.3 Å². The molecule has 2 rings (SSSR count). The molecule has 1 heterocycles. The van der Waals surface area contributed by atoms with Gasteiger partial charge in [-0.25, -0.2) is 0 Å². The Balaban J connectivity index is 2.13. The maximum Gasteiger partial charge on any atom is 0.221 e. The van der Waals surface area contributed by atoms with Gasteiger partial charge in [0.05, 0.1) is 0 Å². The predicted octanol–water partition coefficient (Wildman–Crippen LogP) is 3.60. The molecule has 0 unspecified atom stereocenters. The van der Waals surface area contributed by atoms with Gasteiger partial charge in [0.1, 0.15) is 0 Å². The van der Waals surface area contributed by atoms with Crippen molar-refractivity contribution < 1.29 is 9.59 Å². The summed E-state index contributed by atoms with van der Waals surface area (Å²) in [5.74, 6) is -0.239. The summed E-state index contributed by atoms with van der Waals surface area (Å²) in [5.41, 5.74) is 2.19. The minimum Gasteiger partial charge on any atom is -0.326 e. The van der Waals surface area contributed by atoms with E-state index in [1.54, 1.807) is 41.7 Å². The fourth-order valence-electron chi connectivity index (χ4n) is 1.59. The Morgan fingerprint density at radius 3 is 2.79 bits per heavy atom. The number of hydrogen-bond acceptors (Lipinski definition) is 3. The topological polar surface area (TPSA) is 46.2 Å². The molecule has 2 aromatic rings. The average molecular weight is 271 g/mol. The molecule has 3 nitrogen and oxygen atoms in total. The molecular weight excluding hydrogens is 258 g/mol. The minimum absolute atomic E-state index is 0.0848. The molecule has 0 aliphatic heterocycles. The molecule has 1 N–H and O–H groups in total. The van der Waals surface area contributed by atoms with Gasteiger partial charge in [-0.05, 0) is 40.6 Å². The lowest BCUT2D eigenvalue weighted by atomic mass is 10.1. The molecule has 0 aliphatic rings. The minimum atomic E-state index is -0.154. The van der Waals surface area contributed by atoms with Gasteiger partial charge in [0.25, 0.3) is 0 Å². The van der Waals surface area contributed by atoms with E-state index in [1.165, 1.54) is 13.0 Å². The predicted molar refractivity (Wildman–Crippen MR) is 78.4 cm³/mol. The van der Waals surface area contributed by atoms with Gasteiger partial charge in [-0.15, -0.1) is 0 Å². The van der Waals surface area contributed by atoms with Crippen molar-refractivity contribution in [2.75, 3.05) is 5.32 Å². The molecule has 96 valence electrons. The van der Waals surface area contributed by atoms with Gasteiger partial charge in [0.15, 0.2) is 5.78 Å². The number of carbonyl (C=O) groups excluding carboxylic acids is 2. The van der Waals surface area contributed by atoms with Crippen LogP contribution in [0.15, 0.2) is 47.2 Å². The van der Waals surface area contributed by atoms with Crippen molar-refractivity contribution in [2.24, 2.45) is 0 Å². The summed E-state index contributed by atoms with van der Waals surface area (Å²) in [4.78, 5) is 22.9. The maximum atomic E-state index is 12.0. The van der Waals surface area contributed by atoms with Gasteiger partial charge in [0.2, 0.25) is 5.91 Å². The molecule has 1 amide bonds. The molecule has 0 saturated carbocycles. The van der Waals surface area contributed by atoms with Crippen LogP contribution in [0, 0.1) is 0 Å². The number of amides is 1. The lowest BCUT2D eigenvalue weighted by molar-refractivity contribution is -0.114. The van der Waals surface area contributed by atoms with E-state index >= 15 is 0 Å². The van der Waals surface area contributed by atoms with Gasteiger partial charge in [-0.2, -0.15) is 11.3 Å². The highest BCUT2D eigenvalue weighted by molar-refractivity contribution is 7.08. The highest BCUT2D eigenvalue weighted by atomic mass is 32.1. The first-order valence-electron chi connectivity index (χ1n) is 5.77. The Hall–Kier alpha value is -2.20. The molecule has 1 aromatic carbocycles. The molecule has 0 fully saturated rings. The SMILES string of the molecule is CC(=O)Nc1cccc(C(=O)C=Cc2ccsc2)c1. The fourth-order valence-corrected chi connectivity index (χ4v) is 2.22. The Morgan fingerprint density at radius 1 is 1.26 bits per heavy atom. The number of carbonyl (C=O) groups is 2. The van der Waals surface area contributed by atoms with Crippen LogP contribution in [0.4, 0.5) is 5.69 Å². The van der Waals surface area contributed by atoms with E-state index in [-0.39, 0.29) is 11.7 Å². The molecule has 0 atom stereocenters. The van der Waals surface area contributed by atoms with E-state index in [2.05, 4.69) is 5.32 Å². The fraction of sp³-hybridized carbons (Fsp3) is 0.0667. The van der Waals surface area contributed by atoms with Crippen molar-refractivity contribution in [1.29, 1.82) is 0 Å². The zero-order chi connectivity index (χ0) is 13.7. The highest BCUT2D eigenvalue weighted by Crippen LogP contribution is 2.13. The smallest absolute Gasteiger partial charge is 0.221 e. The summed E-state index contributed by atoms with van der Waals surface area (Å²) < 4.78 is 0. The monoisotopic (exact) mass is 271 g/mol. The van der Waals surface area contributed by atoms with E-state index in [9.17, 15) is 9.59 Å². The van der Waals surface area contributed by atoms with Crippen LogP contribution in [0.3, 0.4) is 0 Å². The third kappa shape index (κ3) is 3.89. The number of rotatable bonds is 4. The molecule has 0 spiro atoms. The second kappa shape index (κ2) is 6.11. The number of ketones is 1. The van der Waals surface area contributed by atoms with Crippen molar-refractivity contribution in [1.82, 2.24) is 0 Å². The van der Waals surface area contributed by atoms with Crippen molar-refractivity contribution in [3.05, 3.63) is 58.3 Å². The van der Waals surface area contributed by atoms with Crippen molar-refractivity contribution in [3.63, 3.8) is 0 Å². The van der Waals surface area contributed by atoms with Gasteiger partial charge in [0, 0.05) is 18.2 Å². The molecule has 4 heteroatoms. The van der Waals surface area contributed by atoms with E-state index in [0.29, 0.717) is 11.3 Å². The number of thiophene rings is 1. The molecule has 0 radical (unpaired) electrons. The summed E-state index contributed by atoms with van der Waals surface area (Å²) >= 11 is 1.59. The van der Waals surface area contributed by atoms with E-state index in [4.69, 9.17) is 0 Å². The van der Waals surface area contributed by atoms with Crippen LogP contribution in [0.2, 0.25) is 0 Å². The third-order valence-electron chi connectivity index (χ3n) is 2.44. The van der Waals surface area contributed by atoms with Crippen LogP contribution in [-0.2, 0) is 4.79 Å². The molecule has 0 saturated heterocycles. The van der Waals surface area contributed by atoms with Crippen LogP contribution < -0.4 is 5.32 Å². The van der Waals surface area contributed by atoms with Gasteiger partial charge in [-0.1, -0.05) is 18.2 Å². The summed E-state index contributed by atoms with van der Waals surface area (Å²) in [7, 11) is 0. The van der Waals surface area contributed by atoms with Gasteiger partial charge >= 0.3 is 0 Å². The van der Waals surface area contributed by atoms with Crippen LogP contribution in [0.1, 0.15) is 22.8 Å². The highest BCUT2D eigenvalue weighted by Gasteiger charge is 2.03. The first kappa shape index (κ1) is 13.2. The van der Waals surface area contributed by atoms with E-state index in [1.807, 2.05) is 16.8 Å². The number of allylic oxidation sites excluding steroid dienone is 1. The number of hydrogen-bond donors (Lipinski definition) is 1. The van der Waals surface area contributed by atoms with Gasteiger partial charge in [-0.3, -0.25) is 9.59 Å². The van der Waals surface area contributed by atoms with Crippen LogP contribution in [-0.4, -0.2) is 11.7 Å². The van der Waals surface area contributed by atoms with Crippen LogP contribution in [0.25, 0.3) is 6.08 Å². The molecule has 1 aromatic heterocycles. The molecular formula is C15H13NO2S. The second-order valence-electron chi connectivity index (χ2n) is 4.02. The Kier molecular flexibility index (Phi) is 4.26. The summed E-state index contributed by atoms with van der Waals surface area (Å²) in [5, 5.41) is 6.59. The maximum absolute atomic E-state index is 12.0. The van der Waals surface area contributed by atoms with Crippen LogP contribution in [0.5, 0.6) is 0 Å².